The summed E-state index contributed by atoms with van der Waals surface area (Å²) in [6, 6.07) is 3.50. The van der Waals surface area contributed by atoms with Gasteiger partial charge in [-0.2, -0.15) is 5.26 Å². The van der Waals surface area contributed by atoms with Crippen molar-refractivity contribution in [3.8, 4) is 6.07 Å². The Morgan fingerprint density at radius 3 is 3.08 bits per heavy atom. The van der Waals surface area contributed by atoms with E-state index < -0.39 is 0 Å². The summed E-state index contributed by atoms with van der Waals surface area (Å²) < 4.78 is 4.93. The average molecular weight is 174 g/mol. The van der Waals surface area contributed by atoms with E-state index in [1.807, 2.05) is 6.07 Å². The van der Waals surface area contributed by atoms with Crippen LogP contribution in [0.1, 0.15) is 11.4 Å². The molecule has 0 radical (unpaired) electrons. The van der Waals surface area contributed by atoms with E-state index in [1.165, 1.54) is 0 Å². The fourth-order valence-electron chi connectivity index (χ4n) is 1.17. The molecule has 0 saturated heterocycles. The average Bonchev–Trinajstić information content (AvgIpc) is 2.48. The molecule has 2 rings (SSSR count). The number of aryl methyl sites for hydroxylation is 1. The SMILES string of the molecule is Cc1nc(C#N)cc2c(N)noc12. The molecule has 0 aliphatic rings. The molecule has 0 saturated carbocycles. The second kappa shape index (κ2) is 2.45. The van der Waals surface area contributed by atoms with Gasteiger partial charge >= 0.3 is 0 Å². The molecule has 13 heavy (non-hydrogen) atoms. The van der Waals surface area contributed by atoms with Crippen molar-refractivity contribution in [1.29, 1.82) is 5.26 Å². The van der Waals surface area contributed by atoms with Crippen molar-refractivity contribution in [3.63, 3.8) is 0 Å². The zero-order valence-electron chi connectivity index (χ0n) is 6.90. The second-order valence-corrected chi connectivity index (χ2v) is 2.65. The third-order valence-electron chi connectivity index (χ3n) is 1.77. The van der Waals surface area contributed by atoms with Crippen LogP contribution in [-0.2, 0) is 0 Å². The van der Waals surface area contributed by atoms with Crippen LogP contribution in [-0.4, -0.2) is 10.1 Å². The van der Waals surface area contributed by atoms with E-state index in [-0.39, 0.29) is 5.82 Å². The fourth-order valence-corrected chi connectivity index (χ4v) is 1.17. The minimum atomic E-state index is 0.289. The van der Waals surface area contributed by atoms with E-state index in [0.717, 1.165) is 0 Å². The quantitative estimate of drug-likeness (QED) is 0.643. The number of fused-ring (bicyclic) bond motifs is 1. The van der Waals surface area contributed by atoms with Gasteiger partial charge in [0.15, 0.2) is 11.4 Å². The lowest BCUT2D eigenvalue weighted by molar-refractivity contribution is 0.458. The molecule has 5 nitrogen and oxygen atoms in total. The van der Waals surface area contributed by atoms with Gasteiger partial charge in [-0.3, -0.25) is 0 Å². The number of hydrogen-bond donors (Lipinski definition) is 1. The first kappa shape index (κ1) is 7.55. The number of nitriles is 1. The molecule has 0 unspecified atom stereocenters. The van der Waals surface area contributed by atoms with E-state index >= 15 is 0 Å². The Bertz CT molecular complexity index is 509. The van der Waals surface area contributed by atoms with E-state index in [1.54, 1.807) is 13.0 Å². The minimum absolute atomic E-state index is 0.289. The summed E-state index contributed by atoms with van der Waals surface area (Å²) in [6.45, 7) is 1.74. The smallest absolute Gasteiger partial charge is 0.190 e. The van der Waals surface area contributed by atoms with Gasteiger partial charge in [-0.15, -0.1) is 0 Å². The standard InChI is InChI=1S/C8H6N4O/c1-4-7-6(8(10)12-13-7)2-5(3-9)11-4/h2H,1H3,(H2,10,12). The van der Waals surface area contributed by atoms with Gasteiger partial charge in [0.25, 0.3) is 0 Å². The maximum Gasteiger partial charge on any atom is 0.190 e. The molecule has 0 fully saturated rings. The van der Waals surface area contributed by atoms with Crippen molar-refractivity contribution >= 4 is 16.8 Å². The molecule has 2 aromatic heterocycles. The number of aromatic nitrogens is 2. The Labute approximate surface area is 73.8 Å². The van der Waals surface area contributed by atoms with Crippen molar-refractivity contribution in [1.82, 2.24) is 10.1 Å². The van der Waals surface area contributed by atoms with E-state index in [9.17, 15) is 0 Å². The van der Waals surface area contributed by atoms with E-state index in [4.69, 9.17) is 15.5 Å². The highest BCUT2D eigenvalue weighted by Gasteiger charge is 2.09. The summed E-state index contributed by atoms with van der Waals surface area (Å²) in [5.41, 5.74) is 7.01. The first-order chi connectivity index (χ1) is 6.22. The van der Waals surface area contributed by atoms with Crippen LogP contribution < -0.4 is 5.73 Å². The van der Waals surface area contributed by atoms with Crippen molar-refractivity contribution in [2.75, 3.05) is 5.73 Å². The third-order valence-corrected chi connectivity index (χ3v) is 1.77. The molecule has 2 heterocycles. The fraction of sp³-hybridized carbons (Fsp3) is 0.125. The van der Waals surface area contributed by atoms with Crippen LogP contribution in [0, 0.1) is 18.3 Å². The third kappa shape index (κ3) is 0.999. The number of nitrogens with two attached hydrogens (primary N) is 1. The number of nitrogens with zero attached hydrogens (tertiary/aromatic N) is 3. The van der Waals surface area contributed by atoms with Crippen molar-refractivity contribution < 1.29 is 4.52 Å². The maximum absolute atomic E-state index is 8.65. The monoisotopic (exact) mass is 174 g/mol. The van der Waals surface area contributed by atoms with Crippen molar-refractivity contribution in [3.05, 3.63) is 17.5 Å². The molecule has 0 spiro atoms. The van der Waals surface area contributed by atoms with Gasteiger partial charge in [-0.1, -0.05) is 5.16 Å². The molecule has 0 aliphatic heterocycles. The Morgan fingerprint density at radius 1 is 1.62 bits per heavy atom. The van der Waals surface area contributed by atoms with Gasteiger partial charge in [0.1, 0.15) is 11.8 Å². The predicted molar refractivity (Wildman–Crippen MR) is 45.7 cm³/mol. The first-order valence-electron chi connectivity index (χ1n) is 3.65. The van der Waals surface area contributed by atoms with Crippen molar-refractivity contribution in [2.45, 2.75) is 6.92 Å². The topological polar surface area (TPSA) is 88.7 Å². The number of pyridine rings is 1. The predicted octanol–water partition coefficient (Wildman–Crippen LogP) is 0.985. The largest absolute Gasteiger partial charge is 0.380 e. The Hall–Kier alpha value is -2.09. The minimum Gasteiger partial charge on any atom is -0.380 e. The number of anilines is 1. The van der Waals surface area contributed by atoms with Gasteiger partial charge in [0, 0.05) is 0 Å². The molecule has 2 N–H and O–H groups in total. The van der Waals surface area contributed by atoms with Gasteiger partial charge < -0.3 is 10.3 Å². The molecule has 5 heteroatoms. The summed E-state index contributed by atoms with van der Waals surface area (Å²) >= 11 is 0. The zero-order valence-corrected chi connectivity index (χ0v) is 6.90. The van der Waals surface area contributed by atoms with Gasteiger partial charge in [0.2, 0.25) is 0 Å². The molecule has 2 aromatic rings. The molecular formula is C8H6N4O. The Balaban J connectivity index is 2.90. The molecule has 0 amide bonds. The van der Waals surface area contributed by atoms with Crippen LogP contribution >= 0.6 is 0 Å². The van der Waals surface area contributed by atoms with Crippen LogP contribution in [0.2, 0.25) is 0 Å². The van der Waals surface area contributed by atoms with Crippen LogP contribution in [0.4, 0.5) is 5.82 Å². The summed E-state index contributed by atoms with van der Waals surface area (Å²) in [7, 11) is 0. The van der Waals surface area contributed by atoms with Crippen LogP contribution in [0.15, 0.2) is 10.6 Å². The molecule has 0 aliphatic carbocycles. The molecule has 0 bridgehead atoms. The summed E-state index contributed by atoms with van der Waals surface area (Å²) in [5.74, 6) is 0.289. The summed E-state index contributed by atoms with van der Waals surface area (Å²) in [4.78, 5) is 3.98. The highest BCUT2D eigenvalue weighted by Crippen LogP contribution is 2.22. The van der Waals surface area contributed by atoms with Crippen molar-refractivity contribution in [2.24, 2.45) is 0 Å². The highest BCUT2D eigenvalue weighted by molar-refractivity contribution is 5.88. The molecule has 0 atom stereocenters. The maximum atomic E-state index is 8.65. The summed E-state index contributed by atoms with van der Waals surface area (Å²) in [5, 5.41) is 12.9. The Morgan fingerprint density at radius 2 is 2.38 bits per heavy atom. The normalized spacial score (nSPS) is 10.2. The molecule has 0 aromatic carbocycles. The van der Waals surface area contributed by atoms with E-state index in [0.29, 0.717) is 22.4 Å². The van der Waals surface area contributed by atoms with Gasteiger partial charge in [-0.25, -0.2) is 4.98 Å². The number of rotatable bonds is 0. The van der Waals surface area contributed by atoms with Crippen LogP contribution in [0.25, 0.3) is 11.0 Å². The molecular weight excluding hydrogens is 168 g/mol. The van der Waals surface area contributed by atoms with Crippen LogP contribution in [0.3, 0.4) is 0 Å². The number of hydrogen-bond acceptors (Lipinski definition) is 5. The van der Waals surface area contributed by atoms with Gasteiger partial charge in [-0.05, 0) is 13.0 Å². The zero-order chi connectivity index (χ0) is 9.42. The highest BCUT2D eigenvalue weighted by atomic mass is 16.5. The van der Waals surface area contributed by atoms with E-state index in [2.05, 4.69) is 10.1 Å². The lowest BCUT2D eigenvalue weighted by atomic mass is 10.2. The van der Waals surface area contributed by atoms with Gasteiger partial charge in [0.05, 0.1) is 11.1 Å². The number of nitrogen functional groups attached to an aromatic ring is 1. The first-order valence-corrected chi connectivity index (χ1v) is 3.65. The Kier molecular flexibility index (Phi) is 1.43. The lowest BCUT2D eigenvalue weighted by Gasteiger charge is -1.93. The second-order valence-electron chi connectivity index (χ2n) is 2.65. The molecule has 64 valence electrons. The summed E-state index contributed by atoms with van der Waals surface area (Å²) in [6.07, 6.45) is 0. The van der Waals surface area contributed by atoms with Crippen LogP contribution in [0.5, 0.6) is 0 Å². The lowest BCUT2D eigenvalue weighted by Crippen LogP contribution is -1.89.